The molecule has 1 unspecified atom stereocenters. The third-order valence-electron chi connectivity index (χ3n) is 7.67. The first-order valence-electron chi connectivity index (χ1n) is 14.3. The summed E-state index contributed by atoms with van der Waals surface area (Å²) in [5, 5.41) is 14.0. The molecule has 2 saturated heterocycles. The van der Waals surface area contributed by atoms with E-state index in [0.717, 1.165) is 30.2 Å². The molecule has 2 aliphatic heterocycles. The standard InChI is InChI=1S/C28H25F7N2O4.C4H8O.Al.Li.4H/c1-16(18-11-20(27(30,31)32)13-21(12-18)28(33,34)35)41-15-26(19-5-7-22(29)8-6-19)24(38)37(25(39)36-26)14-17-3-9-23(40-2)10-4-17;1-2-4-5-3-1;;;;;;/h3-13,16,24,38H,14-15H2,1-2H3,(H,36,39);1-4H2;;;;;;/q;;;+1;;;;-1/t16-,24?,26-;;;;;;;/m1......./s1. The second-order valence-electron chi connectivity index (χ2n) is 10.9. The quantitative estimate of drug-likeness (QED) is 0.280. The second-order valence-corrected chi connectivity index (χ2v) is 10.9. The van der Waals surface area contributed by atoms with Crippen molar-refractivity contribution in [2.45, 2.75) is 56.5 Å². The number of rotatable bonds is 8. The molecule has 0 aliphatic carbocycles. The fourth-order valence-corrected chi connectivity index (χ4v) is 5.03. The van der Waals surface area contributed by atoms with Crippen molar-refractivity contribution in [1.82, 2.24) is 10.2 Å². The maximum atomic E-state index is 13.7. The molecule has 0 radical (unpaired) electrons. The van der Waals surface area contributed by atoms with Crippen molar-refractivity contribution < 1.29 is 75.1 Å². The summed E-state index contributed by atoms with van der Waals surface area (Å²) < 4.78 is 110. The number of urea groups is 1. The second kappa shape index (κ2) is 17.3. The average Bonchev–Trinajstić information content (AvgIpc) is 3.68. The van der Waals surface area contributed by atoms with Crippen LogP contribution in [0.15, 0.2) is 66.7 Å². The van der Waals surface area contributed by atoms with Crippen molar-refractivity contribution in [3.63, 3.8) is 0 Å². The average molecular weight is 697 g/mol. The van der Waals surface area contributed by atoms with E-state index in [9.17, 15) is 40.6 Å². The molecular formula is C32H37AlF7LiN2O5. The number of ether oxygens (including phenoxy) is 3. The van der Waals surface area contributed by atoms with Gasteiger partial charge in [0.05, 0.1) is 37.5 Å². The van der Waals surface area contributed by atoms with Gasteiger partial charge in [0.15, 0.2) is 23.6 Å². The van der Waals surface area contributed by atoms with Crippen LogP contribution in [-0.2, 0) is 33.9 Å². The number of nitrogens with one attached hydrogen (secondary N) is 1. The van der Waals surface area contributed by atoms with Crippen molar-refractivity contribution in [1.29, 1.82) is 0 Å². The van der Waals surface area contributed by atoms with Crippen LogP contribution in [0.25, 0.3) is 0 Å². The van der Waals surface area contributed by atoms with Crippen molar-refractivity contribution in [3.8, 4) is 5.75 Å². The first-order chi connectivity index (χ1) is 21.6. The van der Waals surface area contributed by atoms with Gasteiger partial charge in [-0.2, -0.15) is 26.3 Å². The molecule has 0 aromatic heterocycles. The molecule has 2 fully saturated rings. The number of benzene rings is 3. The Morgan fingerprint density at radius 1 is 0.979 bits per heavy atom. The summed E-state index contributed by atoms with van der Waals surface area (Å²) in [5.74, 6) is -0.0535. The molecule has 3 aromatic rings. The van der Waals surface area contributed by atoms with Crippen molar-refractivity contribution in [2.24, 2.45) is 0 Å². The van der Waals surface area contributed by atoms with Gasteiger partial charge in [0.1, 0.15) is 17.1 Å². The number of hydrogen-bond donors (Lipinski definition) is 2. The number of aliphatic hydroxyl groups excluding tert-OH is 1. The van der Waals surface area contributed by atoms with Crippen LogP contribution in [-0.4, -0.2) is 66.6 Å². The van der Waals surface area contributed by atoms with Crippen LogP contribution < -0.4 is 28.9 Å². The minimum Gasteiger partial charge on any atom is -1.00 e. The normalized spacial score (nSPS) is 19.8. The smallest absolute Gasteiger partial charge is 1.00 e. The van der Waals surface area contributed by atoms with Crippen LogP contribution in [0.4, 0.5) is 35.5 Å². The molecule has 7 nitrogen and oxygen atoms in total. The van der Waals surface area contributed by atoms with Crippen molar-refractivity contribution in [2.75, 3.05) is 26.9 Å². The zero-order chi connectivity index (χ0) is 33.7. The summed E-state index contributed by atoms with van der Waals surface area (Å²) in [7, 11) is 1.48. The molecular weight excluding hydrogens is 659 g/mol. The number of hydrogen-bond acceptors (Lipinski definition) is 5. The fourth-order valence-electron chi connectivity index (χ4n) is 5.03. The van der Waals surface area contributed by atoms with Gasteiger partial charge in [-0.25, -0.2) is 9.18 Å². The molecule has 2 heterocycles. The molecule has 3 aromatic carbocycles. The van der Waals surface area contributed by atoms with Crippen LogP contribution in [0, 0.1) is 5.82 Å². The minimum absolute atomic E-state index is 0. The van der Waals surface area contributed by atoms with Crippen LogP contribution in [0.2, 0.25) is 0 Å². The van der Waals surface area contributed by atoms with E-state index in [1.54, 1.807) is 24.3 Å². The van der Waals surface area contributed by atoms with Gasteiger partial charge >= 0.3 is 37.2 Å². The Morgan fingerprint density at radius 3 is 1.98 bits per heavy atom. The molecule has 3 atom stereocenters. The maximum Gasteiger partial charge on any atom is 1.00 e. The monoisotopic (exact) mass is 696 g/mol. The van der Waals surface area contributed by atoms with E-state index >= 15 is 0 Å². The summed E-state index contributed by atoms with van der Waals surface area (Å²) in [6, 6.07) is 11.7. The Morgan fingerprint density at radius 2 is 1.52 bits per heavy atom. The SMILES string of the molecule is C1CCOC1.COc1ccc(CN2C(=O)N[C@](CO[C@H](C)c3cc(C(F)(F)F)cc(C(F)(F)F)c3)(c3ccc(F)cc3)C2O)cc1.[AlH3].[H-].[Li+]. The number of nitrogens with zero attached hydrogens (tertiary/aromatic N) is 1. The maximum absolute atomic E-state index is 13.7. The molecule has 258 valence electrons. The first kappa shape index (κ1) is 41.4. The Balaban J connectivity index is 0.00000138. The van der Waals surface area contributed by atoms with Gasteiger partial charge in [-0.15, -0.1) is 0 Å². The topological polar surface area (TPSA) is 80.3 Å². The van der Waals surface area contributed by atoms with Crippen LogP contribution in [0.1, 0.15) is 55.1 Å². The molecule has 0 bridgehead atoms. The molecule has 2 amide bonds. The molecule has 0 spiro atoms. The first-order valence-corrected chi connectivity index (χ1v) is 14.3. The van der Waals surface area contributed by atoms with Gasteiger partial charge < -0.3 is 26.1 Å². The summed E-state index contributed by atoms with van der Waals surface area (Å²) in [6.07, 6.45) is -10.5. The number of carbonyl (C=O) groups is 1. The van der Waals surface area contributed by atoms with Gasteiger partial charge in [0.25, 0.3) is 0 Å². The van der Waals surface area contributed by atoms with Gasteiger partial charge in [-0.3, -0.25) is 4.90 Å². The van der Waals surface area contributed by atoms with Gasteiger partial charge in [-0.1, -0.05) is 24.3 Å². The van der Waals surface area contributed by atoms with Gasteiger partial charge in [-0.05, 0) is 78.9 Å². The zero-order valence-corrected chi connectivity index (χ0v) is 25.9. The molecule has 16 heteroatoms. The largest absolute Gasteiger partial charge is 1.00 e. The number of amides is 2. The van der Waals surface area contributed by atoms with E-state index in [2.05, 4.69) is 5.32 Å². The number of carbonyl (C=O) groups excluding carboxylic acids is 1. The number of aliphatic hydroxyl groups is 1. The summed E-state index contributed by atoms with van der Waals surface area (Å²) in [6.45, 7) is 2.59. The molecule has 2 aliphatic rings. The zero-order valence-electron chi connectivity index (χ0n) is 26.9. The van der Waals surface area contributed by atoms with E-state index in [1.807, 2.05) is 0 Å². The van der Waals surface area contributed by atoms with E-state index in [-0.39, 0.29) is 55.8 Å². The summed E-state index contributed by atoms with van der Waals surface area (Å²) in [4.78, 5) is 14.1. The summed E-state index contributed by atoms with van der Waals surface area (Å²) >= 11 is 0. The molecule has 0 saturated carbocycles. The van der Waals surface area contributed by atoms with Crippen molar-refractivity contribution in [3.05, 3.63) is 100 Å². The van der Waals surface area contributed by atoms with Crippen LogP contribution >= 0.6 is 0 Å². The van der Waals surface area contributed by atoms with Gasteiger partial charge in [0, 0.05) is 13.2 Å². The Bertz CT molecular complexity index is 1440. The van der Waals surface area contributed by atoms with E-state index in [4.69, 9.17) is 14.2 Å². The number of halogens is 7. The predicted molar refractivity (Wildman–Crippen MR) is 163 cm³/mol. The van der Waals surface area contributed by atoms with Gasteiger partial charge in [0.2, 0.25) is 0 Å². The Hall–Kier alpha value is -2.75. The third-order valence-corrected chi connectivity index (χ3v) is 7.67. The van der Waals surface area contributed by atoms with E-state index in [0.29, 0.717) is 23.4 Å². The number of methoxy groups -OCH3 is 1. The minimum atomic E-state index is -5.05. The molecule has 2 N–H and O–H groups in total. The summed E-state index contributed by atoms with van der Waals surface area (Å²) in [5.41, 5.74) is -4.37. The van der Waals surface area contributed by atoms with E-state index in [1.165, 1.54) is 39.0 Å². The molecule has 48 heavy (non-hydrogen) atoms. The third kappa shape index (κ3) is 10.1. The van der Waals surface area contributed by atoms with Crippen molar-refractivity contribution >= 4 is 23.4 Å². The Labute approximate surface area is 297 Å². The molecule has 5 rings (SSSR count). The Kier molecular flexibility index (Phi) is 14.9. The number of alkyl halides is 6. The predicted octanol–water partition coefficient (Wildman–Crippen LogP) is 3.12. The van der Waals surface area contributed by atoms with E-state index < -0.39 is 65.4 Å². The van der Waals surface area contributed by atoms with Crippen LogP contribution in [0.3, 0.4) is 0 Å². The fraction of sp³-hybridized carbons (Fsp3) is 0.406. The van der Waals surface area contributed by atoms with Crippen LogP contribution in [0.5, 0.6) is 5.75 Å².